The van der Waals surface area contributed by atoms with Crippen LogP contribution in [0.15, 0.2) is 40.9 Å². The van der Waals surface area contributed by atoms with Crippen molar-refractivity contribution in [3.8, 4) is 0 Å². The molecule has 0 unspecified atom stereocenters. The molecule has 1 saturated carbocycles. The highest BCUT2D eigenvalue weighted by Crippen LogP contribution is 2.27. The maximum atomic E-state index is 3.60. The van der Waals surface area contributed by atoms with Gasteiger partial charge in [-0.25, -0.2) is 0 Å². The molecule has 0 amide bonds. The summed E-state index contributed by atoms with van der Waals surface area (Å²) in [7, 11) is 0. The summed E-state index contributed by atoms with van der Waals surface area (Å²) in [5.74, 6) is 0. The average molecular weight is 276 g/mol. The van der Waals surface area contributed by atoms with Crippen molar-refractivity contribution in [1.82, 2.24) is 5.32 Å². The fourth-order valence-electron chi connectivity index (χ4n) is 2.02. The van der Waals surface area contributed by atoms with Gasteiger partial charge in [-0.3, -0.25) is 0 Å². The number of hydrogen-bond donors (Lipinski definition) is 1. The van der Waals surface area contributed by atoms with Gasteiger partial charge in [-0.05, 0) is 35.2 Å². The van der Waals surface area contributed by atoms with E-state index in [9.17, 15) is 0 Å². The van der Waals surface area contributed by atoms with Crippen LogP contribution in [-0.2, 0) is 6.54 Å². The highest BCUT2D eigenvalue weighted by atomic mass is 79.9. The molecule has 0 aliphatic heterocycles. The van der Waals surface area contributed by atoms with Crippen LogP contribution in [0, 0.1) is 0 Å². The van der Waals surface area contributed by atoms with Crippen molar-refractivity contribution in [2.24, 2.45) is 0 Å². The summed E-state index contributed by atoms with van der Waals surface area (Å²) in [6.07, 6.45) is 2.68. The summed E-state index contributed by atoms with van der Waals surface area (Å²) >= 11 is 3.60. The van der Waals surface area contributed by atoms with Crippen LogP contribution < -0.4 is 5.32 Å². The SMILES string of the molecule is Brc1ccc(CNC2CC2)c2ccccc12. The van der Waals surface area contributed by atoms with E-state index < -0.39 is 0 Å². The van der Waals surface area contributed by atoms with Crippen LogP contribution in [-0.4, -0.2) is 6.04 Å². The highest BCUT2D eigenvalue weighted by molar-refractivity contribution is 9.10. The Hall–Kier alpha value is -0.860. The Morgan fingerprint density at radius 2 is 1.81 bits per heavy atom. The van der Waals surface area contributed by atoms with Gasteiger partial charge in [0.1, 0.15) is 0 Å². The molecule has 1 N–H and O–H groups in total. The van der Waals surface area contributed by atoms with Gasteiger partial charge < -0.3 is 5.32 Å². The minimum absolute atomic E-state index is 0.766. The quantitative estimate of drug-likeness (QED) is 0.897. The summed E-state index contributed by atoms with van der Waals surface area (Å²) in [5, 5.41) is 6.22. The predicted octanol–water partition coefficient (Wildman–Crippen LogP) is 3.85. The zero-order chi connectivity index (χ0) is 11.0. The molecular formula is C14H14BrN. The van der Waals surface area contributed by atoms with E-state index in [2.05, 4.69) is 57.6 Å². The maximum Gasteiger partial charge on any atom is 0.0253 e. The third-order valence-electron chi connectivity index (χ3n) is 3.12. The molecule has 0 spiro atoms. The Bertz CT molecular complexity index is 517. The molecular weight excluding hydrogens is 262 g/mol. The predicted molar refractivity (Wildman–Crippen MR) is 71.5 cm³/mol. The van der Waals surface area contributed by atoms with E-state index in [1.54, 1.807) is 0 Å². The fourth-order valence-corrected chi connectivity index (χ4v) is 2.50. The molecule has 1 nitrogen and oxygen atoms in total. The zero-order valence-corrected chi connectivity index (χ0v) is 10.6. The van der Waals surface area contributed by atoms with Crippen LogP contribution in [0.3, 0.4) is 0 Å². The van der Waals surface area contributed by atoms with Crippen LogP contribution in [0.1, 0.15) is 18.4 Å². The lowest BCUT2D eigenvalue weighted by Gasteiger charge is -2.08. The lowest BCUT2D eigenvalue weighted by molar-refractivity contribution is 0.691. The molecule has 0 saturated heterocycles. The van der Waals surface area contributed by atoms with Gasteiger partial charge in [0, 0.05) is 17.1 Å². The number of benzene rings is 2. The third-order valence-corrected chi connectivity index (χ3v) is 3.81. The van der Waals surface area contributed by atoms with Crippen LogP contribution in [0.4, 0.5) is 0 Å². The molecule has 1 aliphatic rings. The van der Waals surface area contributed by atoms with E-state index in [0.717, 1.165) is 12.6 Å². The second-order valence-electron chi connectivity index (χ2n) is 4.41. The number of rotatable bonds is 3. The van der Waals surface area contributed by atoms with Gasteiger partial charge in [-0.2, -0.15) is 0 Å². The first-order valence-electron chi connectivity index (χ1n) is 5.74. The summed E-state index contributed by atoms with van der Waals surface area (Å²) in [5.41, 5.74) is 1.39. The topological polar surface area (TPSA) is 12.0 Å². The van der Waals surface area contributed by atoms with Crippen molar-refractivity contribution < 1.29 is 0 Å². The second kappa shape index (κ2) is 4.19. The average Bonchev–Trinajstić information content (AvgIpc) is 3.13. The molecule has 0 aromatic heterocycles. The fraction of sp³-hybridized carbons (Fsp3) is 0.286. The molecule has 2 aromatic carbocycles. The van der Waals surface area contributed by atoms with Crippen LogP contribution >= 0.6 is 15.9 Å². The maximum absolute atomic E-state index is 3.60. The Morgan fingerprint density at radius 3 is 2.56 bits per heavy atom. The van der Waals surface area contributed by atoms with Gasteiger partial charge in [-0.1, -0.05) is 46.3 Å². The minimum atomic E-state index is 0.766. The standard InChI is InChI=1S/C14H14BrN/c15-14-8-5-10(9-16-11-6-7-11)12-3-1-2-4-13(12)14/h1-5,8,11,16H,6-7,9H2. The number of halogens is 1. The molecule has 0 atom stereocenters. The number of nitrogens with one attached hydrogen (secondary N) is 1. The lowest BCUT2D eigenvalue weighted by atomic mass is 10.0. The normalized spacial score (nSPS) is 15.6. The molecule has 2 heteroatoms. The second-order valence-corrected chi connectivity index (χ2v) is 5.26. The molecule has 3 rings (SSSR count). The zero-order valence-electron chi connectivity index (χ0n) is 9.04. The van der Waals surface area contributed by atoms with E-state index in [4.69, 9.17) is 0 Å². The number of fused-ring (bicyclic) bond motifs is 1. The first-order chi connectivity index (χ1) is 7.84. The minimum Gasteiger partial charge on any atom is -0.310 e. The molecule has 0 radical (unpaired) electrons. The highest BCUT2D eigenvalue weighted by Gasteiger charge is 2.20. The van der Waals surface area contributed by atoms with E-state index in [1.807, 2.05) is 0 Å². The van der Waals surface area contributed by atoms with Gasteiger partial charge in [0.2, 0.25) is 0 Å². The Labute approximate surface area is 104 Å². The molecule has 16 heavy (non-hydrogen) atoms. The summed E-state index contributed by atoms with van der Waals surface area (Å²) in [4.78, 5) is 0. The molecule has 82 valence electrons. The third kappa shape index (κ3) is 2.00. The monoisotopic (exact) mass is 275 g/mol. The van der Waals surface area contributed by atoms with E-state index in [1.165, 1.54) is 33.7 Å². The summed E-state index contributed by atoms with van der Waals surface area (Å²) < 4.78 is 1.18. The van der Waals surface area contributed by atoms with Gasteiger partial charge in [0.15, 0.2) is 0 Å². The van der Waals surface area contributed by atoms with Gasteiger partial charge >= 0.3 is 0 Å². The van der Waals surface area contributed by atoms with Crippen molar-refractivity contribution in [2.75, 3.05) is 0 Å². The number of hydrogen-bond acceptors (Lipinski definition) is 1. The molecule has 1 aliphatic carbocycles. The lowest BCUT2D eigenvalue weighted by Crippen LogP contribution is -2.15. The van der Waals surface area contributed by atoms with Crippen LogP contribution in [0.2, 0.25) is 0 Å². The Morgan fingerprint density at radius 1 is 1.06 bits per heavy atom. The van der Waals surface area contributed by atoms with Crippen molar-refractivity contribution in [1.29, 1.82) is 0 Å². The van der Waals surface area contributed by atoms with E-state index in [0.29, 0.717) is 0 Å². The van der Waals surface area contributed by atoms with Crippen LogP contribution in [0.25, 0.3) is 10.8 Å². The first kappa shape index (κ1) is 10.3. The molecule has 0 heterocycles. The van der Waals surface area contributed by atoms with Gasteiger partial charge in [0.25, 0.3) is 0 Å². The van der Waals surface area contributed by atoms with Crippen LogP contribution in [0.5, 0.6) is 0 Å². The van der Waals surface area contributed by atoms with Crippen molar-refractivity contribution >= 4 is 26.7 Å². The van der Waals surface area contributed by atoms with Gasteiger partial charge in [0.05, 0.1) is 0 Å². The van der Waals surface area contributed by atoms with Crippen molar-refractivity contribution in [3.63, 3.8) is 0 Å². The Balaban J connectivity index is 1.99. The summed E-state index contributed by atoms with van der Waals surface area (Å²) in [6.45, 7) is 0.985. The molecule has 2 aromatic rings. The largest absolute Gasteiger partial charge is 0.310 e. The van der Waals surface area contributed by atoms with Gasteiger partial charge in [-0.15, -0.1) is 0 Å². The summed E-state index contributed by atoms with van der Waals surface area (Å²) in [6, 6.07) is 13.7. The van der Waals surface area contributed by atoms with Crippen molar-refractivity contribution in [3.05, 3.63) is 46.4 Å². The van der Waals surface area contributed by atoms with E-state index >= 15 is 0 Å². The smallest absolute Gasteiger partial charge is 0.0253 e. The van der Waals surface area contributed by atoms with Crippen molar-refractivity contribution in [2.45, 2.75) is 25.4 Å². The molecule has 1 fully saturated rings. The first-order valence-corrected chi connectivity index (χ1v) is 6.53. The van der Waals surface area contributed by atoms with E-state index in [-0.39, 0.29) is 0 Å². The Kier molecular flexibility index (Phi) is 2.70. The molecule has 0 bridgehead atoms.